The minimum absolute atomic E-state index is 0.0143. The number of nitrogens with one attached hydrogen (secondary N) is 2. The van der Waals surface area contributed by atoms with E-state index in [1.165, 1.54) is 12.1 Å². The van der Waals surface area contributed by atoms with Crippen LogP contribution in [0.3, 0.4) is 0 Å². The van der Waals surface area contributed by atoms with E-state index < -0.39 is 17.1 Å². The average Bonchev–Trinajstić information content (AvgIpc) is 2.97. The van der Waals surface area contributed by atoms with Crippen molar-refractivity contribution in [2.75, 3.05) is 18.0 Å². The Hall–Kier alpha value is -2.81. The summed E-state index contributed by atoms with van der Waals surface area (Å²) >= 11 is 0.791. The number of imide groups is 1. The fraction of sp³-hybridized carbons (Fsp3) is 0.455. The topological polar surface area (TPSA) is 116 Å². The van der Waals surface area contributed by atoms with Crippen molar-refractivity contribution < 1.29 is 24.3 Å². The molecule has 2 aliphatic heterocycles. The summed E-state index contributed by atoms with van der Waals surface area (Å²) in [5, 5.41) is 14.2. The summed E-state index contributed by atoms with van der Waals surface area (Å²) in [5.41, 5.74) is 1.31. The van der Waals surface area contributed by atoms with Gasteiger partial charge in [-0.25, -0.2) is 4.79 Å². The van der Waals surface area contributed by atoms with E-state index in [4.69, 9.17) is 0 Å². The number of thioether (sulfide) groups is 1. The zero-order chi connectivity index (χ0) is 22.8. The summed E-state index contributed by atoms with van der Waals surface area (Å²) in [4.78, 5) is 49.6. The van der Waals surface area contributed by atoms with Gasteiger partial charge < -0.3 is 15.3 Å². The lowest BCUT2D eigenvalue weighted by atomic mass is 9.91. The van der Waals surface area contributed by atoms with Crippen LogP contribution < -0.4 is 15.5 Å². The van der Waals surface area contributed by atoms with Crippen LogP contribution in [0.4, 0.5) is 10.5 Å². The van der Waals surface area contributed by atoms with Crippen LogP contribution in [-0.2, 0) is 9.59 Å². The first-order valence-corrected chi connectivity index (χ1v) is 11.0. The fourth-order valence-corrected chi connectivity index (χ4v) is 4.40. The first-order chi connectivity index (χ1) is 14.5. The van der Waals surface area contributed by atoms with Gasteiger partial charge in [-0.2, -0.15) is 0 Å². The lowest BCUT2D eigenvalue weighted by Crippen LogP contribution is -2.48. The Kier molecular flexibility index (Phi) is 6.74. The second-order valence-corrected chi connectivity index (χ2v) is 10.0. The molecule has 3 N–H and O–H groups in total. The monoisotopic (exact) mass is 445 g/mol. The van der Waals surface area contributed by atoms with Crippen molar-refractivity contribution in [3.8, 4) is 0 Å². The number of carbonyl (C=O) groups excluding carboxylic acids is 3. The number of amides is 3. The van der Waals surface area contributed by atoms with E-state index in [0.717, 1.165) is 36.8 Å². The third-order valence-corrected chi connectivity index (χ3v) is 5.83. The molecule has 31 heavy (non-hydrogen) atoms. The number of piperidine rings is 1. The second kappa shape index (κ2) is 9.13. The smallest absolute Gasteiger partial charge is 0.335 e. The maximum Gasteiger partial charge on any atom is 0.335 e. The van der Waals surface area contributed by atoms with Crippen molar-refractivity contribution in [1.82, 2.24) is 10.6 Å². The largest absolute Gasteiger partial charge is 0.478 e. The lowest BCUT2D eigenvalue weighted by molar-refractivity contribution is -0.123. The number of carboxylic acid groups (broad SMARTS) is 1. The molecule has 0 spiro atoms. The van der Waals surface area contributed by atoms with Crippen molar-refractivity contribution >= 4 is 46.5 Å². The Morgan fingerprint density at radius 3 is 2.68 bits per heavy atom. The molecule has 8 nitrogen and oxygen atoms in total. The molecule has 1 atom stereocenters. The summed E-state index contributed by atoms with van der Waals surface area (Å²) in [6, 6.07) is 4.72. The number of carbonyl (C=O) groups is 4. The zero-order valence-electron chi connectivity index (χ0n) is 17.9. The molecule has 166 valence electrons. The first kappa shape index (κ1) is 22.9. The minimum Gasteiger partial charge on any atom is -0.478 e. The van der Waals surface area contributed by atoms with E-state index in [-0.39, 0.29) is 27.8 Å². The molecule has 2 fully saturated rings. The van der Waals surface area contributed by atoms with Crippen molar-refractivity contribution in [1.29, 1.82) is 0 Å². The molecule has 0 aliphatic carbocycles. The summed E-state index contributed by atoms with van der Waals surface area (Å²) in [6.07, 6.45) is 3.72. The van der Waals surface area contributed by atoms with Gasteiger partial charge in [-0.05, 0) is 59.9 Å². The zero-order valence-corrected chi connectivity index (χ0v) is 18.7. The third kappa shape index (κ3) is 6.10. The van der Waals surface area contributed by atoms with Crippen LogP contribution in [0.1, 0.15) is 56.0 Å². The number of hydrogen-bond acceptors (Lipinski definition) is 6. The van der Waals surface area contributed by atoms with Crippen LogP contribution in [0, 0.1) is 5.41 Å². The molecular formula is C22H27N3O5S. The predicted octanol–water partition coefficient (Wildman–Crippen LogP) is 3.23. The van der Waals surface area contributed by atoms with Crippen molar-refractivity contribution in [2.24, 2.45) is 5.41 Å². The number of benzene rings is 1. The molecule has 3 rings (SSSR count). The predicted molar refractivity (Wildman–Crippen MR) is 120 cm³/mol. The summed E-state index contributed by atoms with van der Waals surface area (Å²) in [5.74, 6) is -1.55. The average molecular weight is 446 g/mol. The minimum atomic E-state index is -1.07. The summed E-state index contributed by atoms with van der Waals surface area (Å²) in [6.45, 7) is 7.38. The van der Waals surface area contributed by atoms with Crippen molar-refractivity contribution in [2.45, 2.75) is 46.1 Å². The van der Waals surface area contributed by atoms with E-state index in [9.17, 15) is 24.3 Å². The summed E-state index contributed by atoms with van der Waals surface area (Å²) < 4.78 is 0. The molecule has 0 radical (unpaired) electrons. The standard InChI is InChI=1S/C22H27N3O5S/c1-22(2,3)11-18(26)23-15-5-4-8-25(12-15)16-7-6-13(20(28)29)9-14(16)10-17-19(27)24-21(30)31-17/h6-7,9-10,15H,4-5,8,11-12H2,1-3H3,(H,23,26)(H,28,29)(H,24,27,30)/b17-10-/t15-/m1/s1. The Bertz CT molecular complexity index is 951. The van der Waals surface area contributed by atoms with Gasteiger partial charge in [0, 0.05) is 31.2 Å². The summed E-state index contributed by atoms with van der Waals surface area (Å²) in [7, 11) is 0. The number of carboxylic acids is 1. The highest BCUT2D eigenvalue weighted by Crippen LogP contribution is 2.32. The number of nitrogens with zero attached hydrogens (tertiary/aromatic N) is 1. The molecule has 1 aromatic carbocycles. The van der Waals surface area contributed by atoms with E-state index in [0.29, 0.717) is 18.5 Å². The van der Waals surface area contributed by atoms with Crippen LogP contribution >= 0.6 is 11.8 Å². The highest BCUT2D eigenvalue weighted by atomic mass is 32.2. The molecule has 0 unspecified atom stereocenters. The Morgan fingerprint density at radius 1 is 1.32 bits per heavy atom. The molecule has 9 heteroatoms. The van der Waals surface area contributed by atoms with Gasteiger partial charge in [-0.1, -0.05) is 20.8 Å². The van der Waals surface area contributed by atoms with Crippen molar-refractivity contribution in [3.63, 3.8) is 0 Å². The van der Waals surface area contributed by atoms with Gasteiger partial charge in [-0.15, -0.1) is 0 Å². The van der Waals surface area contributed by atoms with Crippen LogP contribution in [0.2, 0.25) is 0 Å². The van der Waals surface area contributed by atoms with Gasteiger partial charge in [-0.3, -0.25) is 19.7 Å². The molecular weight excluding hydrogens is 418 g/mol. The maximum absolute atomic E-state index is 12.4. The quantitative estimate of drug-likeness (QED) is 0.596. The van der Waals surface area contributed by atoms with Gasteiger partial charge in [0.05, 0.1) is 10.5 Å². The highest BCUT2D eigenvalue weighted by molar-refractivity contribution is 8.18. The molecule has 2 saturated heterocycles. The molecule has 0 bridgehead atoms. The van der Waals surface area contributed by atoms with Crippen LogP contribution in [-0.4, -0.2) is 47.3 Å². The fourth-order valence-electron chi connectivity index (χ4n) is 3.73. The molecule has 2 aliphatic rings. The third-order valence-electron chi connectivity index (χ3n) is 5.02. The number of anilines is 1. The van der Waals surface area contributed by atoms with Crippen molar-refractivity contribution in [3.05, 3.63) is 34.2 Å². The lowest BCUT2D eigenvalue weighted by Gasteiger charge is -2.36. The number of hydrogen-bond donors (Lipinski definition) is 3. The molecule has 1 aromatic rings. The normalized spacial score (nSPS) is 20.7. The van der Waals surface area contributed by atoms with E-state index >= 15 is 0 Å². The Labute approximate surface area is 185 Å². The van der Waals surface area contributed by atoms with Gasteiger partial charge in [0.25, 0.3) is 11.1 Å². The van der Waals surface area contributed by atoms with Gasteiger partial charge in [0.15, 0.2) is 0 Å². The molecule has 0 aromatic heterocycles. The molecule has 0 saturated carbocycles. The van der Waals surface area contributed by atoms with Crippen LogP contribution in [0.5, 0.6) is 0 Å². The highest BCUT2D eigenvalue weighted by Gasteiger charge is 2.28. The Balaban J connectivity index is 1.84. The molecule has 2 heterocycles. The number of aromatic carboxylic acids is 1. The van der Waals surface area contributed by atoms with Crippen LogP contribution in [0.15, 0.2) is 23.1 Å². The van der Waals surface area contributed by atoms with Crippen LogP contribution in [0.25, 0.3) is 6.08 Å². The van der Waals surface area contributed by atoms with Gasteiger partial charge in [0.1, 0.15) is 0 Å². The SMILES string of the molecule is CC(C)(C)CC(=O)N[C@@H]1CCCN(c2ccc(C(=O)O)cc2/C=C2\SC(=O)NC2=O)C1. The van der Waals surface area contributed by atoms with E-state index in [1.54, 1.807) is 12.1 Å². The second-order valence-electron chi connectivity index (χ2n) is 9.02. The van der Waals surface area contributed by atoms with Gasteiger partial charge >= 0.3 is 5.97 Å². The molecule has 3 amide bonds. The first-order valence-electron chi connectivity index (χ1n) is 10.2. The van der Waals surface area contributed by atoms with Gasteiger partial charge in [0.2, 0.25) is 5.91 Å². The Morgan fingerprint density at radius 2 is 2.06 bits per heavy atom. The van der Waals surface area contributed by atoms with E-state index in [2.05, 4.69) is 15.5 Å². The van der Waals surface area contributed by atoms with E-state index in [1.807, 2.05) is 20.8 Å². The number of rotatable bonds is 5. The maximum atomic E-state index is 12.4.